The first-order valence-corrected chi connectivity index (χ1v) is 10.7. The normalized spacial score (nSPS) is 21.0. The largest absolute Gasteiger partial charge is 0.496 e. The van der Waals surface area contributed by atoms with Crippen molar-refractivity contribution in [2.75, 3.05) is 43.5 Å². The monoisotopic (exact) mass is 434 g/mol. The summed E-state index contributed by atoms with van der Waals surface area (Å²) in [5, 5.41) is 3.69. The molecular weight excluding hydrogens is 412 g/mol. The molecule has 0 saturated carbocycles. The molecule has 2 aliphatic rings. The van der Waals surface area contributed by atoms with Crippen molar-refractivity contribution >= 4 is 28.9 Å². The number of carbonyl (C=O) groups is 1. The number of hydrogen-bond acceptors (Lipinski definition) is 5. The van der Waals surface area contributed by atoms with Crippen LogP contribution in [0.4, 0.5) is 11.4 Å². The van der Waals surface area contributed by atoms with Crippen LogP contribution in [0.15, 0.2) is 67.0 Å². The molecule has 0 aliphatic carbocycles. The Labute approximate surface area is 186 Å². The number of amides is 1. The predicted octanol–water partition coefficient (Wildman–Crippen LogP) is 3.76. The molecule has 2 aliphatic heterocycles. The number of hydrogen-bond donors (Lipinski definition) is 1. The molecule has 31 heavy (non-hydrogen) atoms. The Morgan fingerprint density at radius 2 is 1.84 bits per heavy atom. The lowest BCUT2D eigenvalue weighted by Gasteiger charge is -2.45. The van der Waals surface area contributed by atoms with Crippen LogP contribution < -0.4 is 15.0 Å². The minimum Gasteiger partial charge on any atom is -0.496 e. The predicted molar refractivity (Wildman–Crippen MR) is 122 cm³/mol. The third kappa shape index (κ3) is 3.14. The molecule has 158 valence electrons. The minimum absolute atomic E-state index is 0.0795. The maximum absolute atomic E-state index is 13.7. The number of carbonyl (C=O) groups excluding carboxylic acids is 1. The second-order valence-electron chi connectivity index (χ2n) is 7.74. The summed E-state index contributed by atoms with van der Waals surface area (Å²) in [6, 6.07) is 17.3. The minimum atomic E-state index is -1.01. The number of piperazine rings is 1. The number of methoxy groups -OCH3 is 1. The van der Waals surface area contributed by atoms with Gasteiger partial charge in [-0.2, -0.15) is 0 Å². The van der Waals surface area contributed by atoms with E-state index >= 15 is 0 Å². The number of ether oxygens (including phenoxy) is 1. The van der Waals surface area contributed by atoms with Gasteiger partial charge in [-0.05, 0) is 36.4 Å². The van der Waals surface area contributed by atoms with Gasteiger partial charge in [0.2, 0.25) is 0 Å². The molecular formula is C24H23ClN4O2. The maximum atomic E-state index is 13.7. The Morgan fingerprint density at radius 3 is 2.58 bits per heavy atom. The fourth-order valence-electron chi connectivity index (χ4n) is 4.80. The molecule has 1 fully saturated rings. The molecule has 0 bridgehead atoms. The van der Waals surface area contributed by atoms with E-state index in [9.17, 15) is 4.79 Å². The quantitative estimate of drug-likeness (QED) is 0.677. The van der Waals surface area contributed by atoms with Crippen LogP contribution in [0, 0.1) is 0 Å². The first-order chi connectivity index (χ1) is 15.1. The Hall–Kier alpha value is -3.09. The highest BCUT2D eigenvalue weighted by atomic mass is 35.5. The van der Waals surface area contributed by atoms with Crippen molar-refractivity contribution in [3.8, 4) is 5.75 Å². The van der Waals surface area contributed by atoms with Crippen molar-refractivity contribution in [1.29, 1.82) is 0 Å². The van der Waals surface area contributed by atoms with E-state index < -0.39 is 5.54 Å². The molecule has 1 unspecified atom stereocenters. The highest BCUT2D eigenvalue weighted by Crippen LogP contribution is 2.49. The maximum Gasteiger partial charge on any atom is 0.254 e. The summed E-state index contributed by atoms with van der Waals surface area (Å²) < 4.78 is 5.70. The number of benzene rings is 2. The number of nitrogens with one attached hydrogen (secondary N) is 1. The molecule has 3 aromatic rings. The van der Waals surface area contributed by atoms with Crippen LogP contribution in [0.5, 0.6) is 5.75 Å². The number of anilines is 2. The lowest BCUT2D eigenvalue weighted by Crippen LogP contribution is -2.59. The van der Waals surface area contributed by atoms with Crippen molar-refractivity contribution in [2.45, 2.75) is 5.54 Å². The highest BCUT2D eigenvalue weighted by Gasteiger charge is 2.54. The third-order valence-electron chi connectivity index (χ3n) is 6.21. The Morgan fingerprint density at radius 1 is 1.03 bits per heavy atom. The molecule has 7 heteroatoms. The Bertz CT molecular complexity index is 1120. The standard InChI is InChI=1S/C24H23ClN4O2/c1-31-22-7-3-2-6-19(22)24(20-15-17(25)8-9-21(20)27-23(24)30)29-13-11-28(12-14-29)18-5-4-10-26-16-18/h2-10,15-16H,11-14H2,1H3,(H,27,30). The third-order valence-corrected chi connectivity index (χ3v) is 6.45. The van der Waals surface area contributed by atoms with Crippen LogP contribution in [0.2, 0.25) is 5.02 Å². The summed E-state index contributed by atoms with van der Waals surface area (Å²) in [6.45, 7) is 2.97. The molecule has 2 aromatic carbocycles. The molecule has 0 radical (unpaired) electrons. The van der Waals surface area contributed by atoms with E-state index in [0.29, 0.717) is 23.9 Å². The van der Waals surface area contributed by atoms with Gasteiger partial charge in [0.25, 0.3) is 5.91 Å². The lowest BCUT2D eigenvalue weighted by atomic mass is 9.81. The van der Waals surface area contributed by atoms with Gasteiger partial charge in [0, 0.05) is 54.2 Å². The molecule has 1 saturated heterocycles. The van der Waals surface area contributed by atoms with E-state index in [1.54, 1.807) is 19.4 Å². The zero-order chi connectivity index (χ0) is 21.4. The van der Waals surface area contributed by atoms with E-state index in [0.717, 1.165) is 35.6 Å². The van der Waals surface area contributed by atoms with Crippen molar-refractivity contribution < 1.29 is 9.53 Å². The molecule has 1 aromatic heterocycles. The molecule has 5 rings (SSSR count). The number of aromatic nitrogens is 1. The average molecular weight is 435 g/mol. The number of fused-ring (bicyclic) bond motifs is 1. The Kier molecular flexibility index (Phi) is 5.04. The lowest BCUT2D eigenvalue weighted by molar-refractivity contribution is -0.125. The summed E-state index contributed by atoms with van der Waals surface area (Å²) in [4.78, 5) is 22.5. The number of para-hydroxylation sites is 1. The molecule has 3 heterocycles. The second-order valence-corrected chi connectivity index (χ2v) is 8.18. The van der Waals surface area contributed by atoms with Crippen molar-refractivity contribution in [1.82, 2.24) is 9.88 Å². The second kappa shape index (κ2) is 7.87. The summed E-state index contributed by atoms with van der Waals surface area (Å²) in [6.07, 6.45) is 3.66. The zero-order valence-electron chi connectivity index (χ0n) is 17.2. The molecule has 6 nitrogen and oxygen atoms in total. The Balaban J connectivity index is 1.61. The van der Waals surface area contributed by atoms with Gasteiger partial charge in [0.1, 0.15) is 5.75 Å². The van der Waals surface area contributed by atoms with E-state index in [-0.39, 0.29) is 5.91 Å². The highest BCUT2D eigenvalue weighted by molar-refractivity contribution is 6.31. The SMILES string of the molecule is COc1ccccc1C1(N2CCN(c3cccnc3)CC2)C(=O)Nc2ccc(Cl)cc21. The summed E-state index contributed by atoms with van der Waals surface area (Å²) in [5.74, 6) is 0.601. The van der Waals surface area contributed by atoms with Crippen molar-refractivity contribution in [3.63, 3.8) is 0 Å². The van der Waals surface area contributed by atoms with Crippen molar-refractivity contribution in [3.05, 3.63) is 83.1 Å². The summed E-state index contributed by atoms with van der Waals surface area (Å²) >= 11 is 6.40. The number of nitrogens with zero attached hydrogens (tertiary/aromatic N) is 3. The molecule has 1 atom stereocenters. The van der Waals surface area contributed by atoms with Crippen LogP contribution in [-0.2, 0) is 10.3 Å². The molecule has 1 N–H and O–H groups in total. The van der Waals surface area contributed by atoms with Crippen LogP contribution in [0.1, 0.15) is 11.1 Å². The van der Waals surface area contributed by atoms with E-state index in [2.05, 4.69) is 26.2 Å². The average Bonchev–Trinajstić information content (AvgIpc) is 3.11. The van der Waals surface area contributed by atoms with E-state index in [1.807, 2.05) is 48.7 Å². The van der Waals surface area contributed by atoms with Gasteiger partial charge in [0.05, 0.1) is 19.0 Å². The fourth-order valence-corrected chi connectivity index (χ4v) is 4.97. The van der Waals surface area contributed by atoms with Gasteiger partial charge in [-0.3, -0.25) is 14.7 Å². The van der Waals surface area contributed by atoms with Crippen LogP contribution >= 0.6 is 11.6 Å². The van der Waals surface area contributed by atoms with Gasteiger partial charge >= 0.3 is 0 Å². The number of pyridine rings is 1. The summed E-state index contributed by atoms with van der Waals surface area (Å²) in [5.41, 5.74) is 2.56. The van der Waals surface area contributed by atoms with Gasteiger partial charge in [-0.1, -0.05) is 29.8 Å². The number of rotatable bonds is 4. The first kappa shape index (κ1) is 19.8. The van der Waals surface area contributed by atoms with Crippen LogP contribution in [-0.4, -0.2) is 49.1 Å². The summed E-state index contributed by atoms with van der Waals surface area (Å²) in [7, 11) is 1.64. The zero-order valence-corrected chi connectivity index (χ0v) is 18.0. The first-order valence-electron chi connectivity index (χ1n) is 10.3. The molecule has 0 spiro atoms. The molecule has 1 amide bonds. The van der Waals surface area contributed by atoms with Crippen LogP contribution in [0.3, 0.4) is 0 Å². The van der Waals surface area contributed by atoms with Crippen molar-refractivity contribution in [2.24, 2.45) is 0 Å². The van der Waals surface area contributed by atoms with Crippen LogP contribution in [0.25, 0.3) is 0 Å². The fraction of sp³-hybridized carbons (Fsp3) is 0.250. The topological polar surface area (TPSA) is 57.7 Å². The van der Waals surface area contributed by atoms with E-state index in [1.165, 1.54) is 0 Å². The smallest absolute Gasteiger partial charge is 0.254 e. The van der Waals surface area contributed by atoms with Gasteiger partial charge in [-0.25, -0.2) is 0 Å². The van der Waals surface area contributed by atoms with Gasteiger partial charge in [0.15, 0.2) is 5.54 Å². The van der Waals surface area contributed by atoms with Gasteiger partial charge < -0.3 is 15.0 Å². The number of halogens is 1. The van der Waals surface area contributed by atoms with E-state index in [4.69, 9.17) is 16.3 Å². The van der Waals surface area contributed by atoms with Gasteiger partial charge in [-0.15, -0.1) is 0 Å².